The average Bonchev–Trinajstić information content (AvgIpc) is 2.67. The molecule has 2 aromatic heterocycles. The minimum atomic E-state index is -3.56. The van der Waals surface area contributed by atoms with Gasteiger partial charge >= 0.3 is 5.92 Å². The summed E-state index contributed by atoms with van der Waals surface area (Å²) in [7, 11) is 1.60. The minimum absolute atomic E-state index is 0.230. The van der Waals surface area contributed by atoms with Gasteiger partial charge in [0.15, 0.2) is 0 Å². The van der Waals surface area contributed by atoms with Crippen molar-refractivity contribution in [3.05, 3.63) is 62.6 Å². The molecule has 0 saturated carbocycles. The van der Waals surface area contributed by atoms with Gasteiger partial charge in [0.2, 0.25) is 0 Å². The van der Waals surface area contributed by atoms with Gasteiger partial charge in [0.1, 0.15) is 23.9 Å². The van der Waals surface area contributed by atoms with Crippen LogP contribution >= 0.6 is 15.9 Å². The summed E-state index contributed by atoms with van der Waals surface area (Å²) in [5, 5.41) is 12.4. The van der Waals surface area contributed by atoms with Crippen molar-refractivity contribution in [2.75, 3.05) is 5.32 Å². The predicted octanol–water partition coefficient (Wildman–Crippen LogP) is 3.88. The highest BCUT2D eigenvalue weighted by Gasteiger charge is 2.31. The Hall–Kier alpha value is -2.86. The SMILES string of the molecule is CC(Nc1ncnc2c1cc(Br)c(=O)n2C)c1cccc(C(F)(F)C#N)c1. The first kappa shape index (κ1) is 18.9. The van der Waals surface area contributed by atoms with Crippen LogP contribution in [0.2, 0.25) is 0 Å². The minimum Gasteiger partial charge on any atom is -0.363 e. The highest BCUT2D eigenvalue weighted by Crippen LogP contribution is 2.30. The maximum absolute atomic E-state index is 13.7. The summed E-state index contributed by atoms with van der Waals surface area (Å²) in [4.78, 5) is 20.4. The molecule has 1 atom stereocenters. The first-order valence-electron chi connectivity index (χ1n) is 7.91. The third kappa shape index (κ3) is 3.53. The molecular formula is C18H14BrF2N5O. The van der Waals surface area contributed by atoms with Gasteiger partial charge in [-0.3, -0.25) is 9.36 Å². The number of fused-ring (bicyclic) bond motifs is 1. The van der Waals surface area contributed by atoms with Crippen LogP contribution in [0.25, 0.3) is 11.0 Å². The number of rotatable bonds is 4. The summed E-state index contributed by atoms with van der Waals surface area (Å²) < 4.78 is 29.1. The van der Waals surface area contributed by atoms with Gasteiger partial charge in [-0.1, -0.05) is 18.2 Å². The van der Waals surface area contributed by atoms with Crippen molar-refractivity contribution >= 4 is 32.8 Å². The van der Waals surface area contributed by atoms with Gasteiger partial charge in [0, 0.05) is 18.7 Å². The summed E-state index contributed by atoms with van der Waals surface area (Å²) >= 11 is 3.22. The smallest absolute Gasteiger partial charge is 0.357 e. The van der Waals surface area contributed by atoms with Crippen molar-refractivity contribution in [3.8, 4) is 6.07 Å². The lowest BCUT2D eigenvalue weighted by molar-refractivity contribution is 0.0612. The summed E-state index contributed by atoms with van der Waals surface area (Å²) in [6, 6.07) is 7.91. The third-order valence-electron chi connectivity index (χ3n) is 4.20. The molecule has 0 amide bonds. The summed E-state index contributed by atoms with van der Waals surface area (Å²) in [5.74, 6) is -3.10. The summed E-state index contributed by atoms with van der Waals surface area (Å²) in [6.45, 7) is 1.79. The lowest BCUT2D eigenvalue weighted by atomic mass is 10.0. The molecule has 0 aliphatic rings. The molecule has 0 spiro atoms. The highest BCUT2D eigenvalue weighted by atomic mass is 79.9. The van der Waals surface area contributed by atoms with E-state index in [1.54, 1.807) is 26.1 Å². The number of hydrogen-bond acceptors (Lipinski definition) is 5. The number of nitrogens with zero attached hydrogens (tertiary/aromatic N) is 4. The molecule has 1 unspecified atom stereocenters. The Kier molecular flexibility index (Phi) is 4.93. The first-order chi connectivity index (χ1) is 12.7. The molecule has 3 aromatic rings. The molecule has 0 saturated heterocycles. The zero-order chi connectivity index (χ0) is 19.8. The van der Waals surface area contributed by atoms with Gasteiger partial charge in [-0.2, -0.15) is 14.0 Å². The van der Waals surface area contributed by atoms with E-state index in [-0.39, 0.29) is 17.2 Å². The quantitative estimate of drug-likeness (QED) is 0.674. The molecule has 0 fully saturated rings. The van der Waals surface area contributed by atoms with E-state index < -0.39 is 5.92 Å². The molecular weight excluding hydrogens is 420 g/mol. The zero-order valence-corrected chi connectivity index (χ0v) is 16.0. The van der Waals surface area contributed by atoms with E-state index in [4.69, 9.17) is 5.26 Å². The van der Waals surface area contributed by atoms with Crippen LogP contribution in [0.1, 0.15) is 24.1 Å². The normalized spacial score (nSPS) is 12.6. The third-order valence-corrected chi connectivity index (χ3v) is 4.77. The van der Waals surface area contributed by atoms with Crippen molar-refractivity contribution in [2.45, 2.75) is 18.9 Å². The van der Waals surface area contributed by atoms with Crippen LogP contribution in [0.5, 0.6) is 0 Å². The number of halogens is 3. The van der Waals surface area contributed by atoms with Crippen molar-refractivity contribution < 1.29 is 8.78 Å². The van der Waals surface area contributed by atoms with E-state index in [1.807, 2.05) is 0 Å². The van der Waals surface area contributed by atoms with E-state index in [2.05, 4.69) is 31.2 Å². The lowest BCUT2D eigenvalue weighted by Crippen LogP contribution is -2.19. The van der Waals surface area contributed by atoms with E-state index in [0.29, 0.717) is 26.9 Å². The summed E-state index contributed by atoms with van der Waals surface area (Å²) in [6.07, 6.45) is 1.32. The Morgan fingerprint density at radius 3 is 2.78 bits per heavy atom. The predicted molar refractivity (Wildman–Crippen MR) is 100 cm³/mol. The fraction of sp³-hybridized carbons (Fsp3) is 0.222. The number of nitriles is 1. The standard InChI is InChI=1S/C18H14BrF2N5O/c1-10(11-4-3-5-12(6-11)18(20,21)8-22)25-15-13-7-14(19)17(27)26(2)16(13)24-9-23-15/h3-7,9-10H,1-2H3,(H,23,24,25). The second kappa shape index (κ2) is 7.04. The molecule has 0 bridgehead atoms. The highest BCUT2D eigenvalue weighted by molar-refractivity contribution is 9.10. The Balaban J connectivity index is 2.00. The number of nitrogens with one attached hydrogen (secondary N) is 1. The van der Waals surface area contributed by atoms with Crippen molar-refractivity contribution in [1.29, 1.82) is 5.26 Å². The van der Waals surface area contributed by atoms with E-state index in [1.165, 1.54) is 29.1 Å². The largest absolute Gasteiger partial charge is 0.363 e. The number of hydrogen-bond donors (Lipinski definition) is 1. The lowest BCUT2D eigenvalue weighted by Gasteiger charge is -2.18. The first-order valence-corrected chi connectivity index (χ1v) is 8.70. The monoisotopic (exact) mass is 433 g/mol. The van der Waals surface area contributed by atoms with Crippen LogP contribution in [0.3, 0.4) is 0 Å². The molecule has 2 heterocycles. The topological polar surface area (TPSA) is 83.6 Å². The molecule has 0 aliphatic heterocycles. The van der Waals surface area contributed by atoms with Crippen LogP contribution in [0.15, 0.2) is 45.9 Å². The van der Waals surface area contributed by atoms with Crippen molar-refractivity contribution in [2.24, 2.45) is 7.05 Å². The number of pyridine rings is 1. The molecule has 0 radical (unpaired) electrons. The van der Waals surface area contributed by atoms with E-state index in [9.17, 15) is 13.6 Å². The average molecular weight is 434 g/mol. The maximum atomic E-state index is 13.7. The Morgan fingerprint density at radius 2 is 2.07 bits per heavy atom. The van der Waals surface area contributed by atoms with Crippen LogP contribution in [-0.2, 0) is 13.0 Å². The van der Waals surface area contributed by atoms with Gasteiger partial charge < -0.3 is 5.32 Å². The molecule has 9 heteroatoms. The van der Waals surface area contributed by atoms with Gasteiger partial charge in [-0.15, -0.1) is 0 Å². The Labute approximate surface area is 161 Å². The second-order valence-electron chi connectivity index (χ2n) is 5.99. The van der Waals surface area contributed by atoms with Gasteiger partial charge in [-0.25, -0.2) is 9.97 Å². The second-order valence-corrected chi connectivity index (χ2v) is 6.85. The Morgan fingerprint density at radius 1 is 1.33 bits per heavy atom. The summed E-state index contributed by atoms with van der Waals surface area (Å²) in [5.41, 5.74) is 0.413. The fourth-order valence-electron chi connectivity index (χ4n) is 2.70. The molecule has 1 aromatic carbocycles. The van der Waals surface area contributed by atoms with Gasteiger partial charge in [0.25, 0.3) is 5.56 Å². The van der Waals surface area contributed by atoms with Gasteiger partial charge in [-0.05, 0) is 40.5 Å². The van der Waals surface area contributed by atoms with Crippen molar-refractivity contribution in [1.82, 2.24) is 14.5 Å². The fourth-order valence-corrected chi connectivity index (χ4v) is 3.20. The van der Waals surface area contributed by atoms with Crippen LogP contribution < -0.4 is 10.9 Å². The molecule has 1 N–H and O–H groups in total. The number of benzene rings is 1. The zero-order valence-electron chi connectivity index (χ0n) is 14.4. The van der Waals surface area contributed by atoms with Crippen LogP contribution in [0, 0.1) is 11.3 Å². The molecule has 138 valence electrons. The molecule has 27 heavy (non-hydrogen) atoms. The Bertz CT molecular complexity index is 1120. The van der Waals surface area contributed by atoms with Crippen LogP contribution in [0.4, 0.5) is 14.6 Å². The number of aromatic nitrogens is 3. The molecule has 3 rings (SSSR count). The van der Waals surface area contributed by atoms with E-state index >= 15 is 0 Å². The molecule has 6 nitrogen and oxygen atoms in total. The van der Waals surface area contributed by atoms with E-state index in [0.717, 1.165) is 6.07 Å². The number of alkyl halides is 2. The maximum Gasteiger partial charge on any atom is 0.357 e. The van der Waals surface area contributed by atoms with Gasteiger partial charge in [0.05, 0.1) is 9.86 Å². The number of aryl methyl sites for hydroxylation is 1. The van der Waals surface area contributed by atoms with Crippen LogP contribution in [-0.4, -0.2) is 14.5 Å². The number of anilines is 1. The van der Waals surface area contributed by atoms with Crippen molar-refractivity contribution in [3.63, 3.8) is 0 Å². The molecule has 0 aliphatic carbocycles.